The van der Waals surface area contributed by atoms with E-state index in [2.05, 4.69) is 10.1 Å². The Kier molecular flexibility index (Phi) is 1.86. The van der Waals surface area contributed by atoms with Crippen LogP contribution in [0.3, 0.4) is 0 Å². The highest BCUT2D eigenvalue weighted by molar-refractivity contribution is 5.79. The molecular formula is C12H10FN3O. The quantitative estimate of drug-likeness (QED) is 0.642. The lowest BCUT2D eigenvalue weighted by Crippen LogP contribution is -2.12. The average Bonchev–Trinajstić information content (AvgIpc) is 2.68. The first-order chi connectivity index (χ1) is 8.09. The Hall–Kier alpha value is -2.17. The molecule has 1 aromatic carbocycles. The molecule has 0 aliphatic rings. The fourth-order valence-corrected chi connectivity index (χ4v) is 2.03. The summed E-state index contributed by atoms with van der Waals surface area (Å²) in [4.78, 5) is 14.4. The number of fused-ring (bicyclic) bond motifs is 3. The van der Waals surface area contributed by atoms with Crippen molar-refractivity contribution in [2.45, 2.75) is 13.8 Å². The molecule has 3 rings (SSSR count). The summed E-state index contributed by atoms with van der Waals surface area (Å²) < 4.78 is 15.4. The van der Waals surface area contributed by atoms with Gasteiger partial charge in [-0.1, -0.05) is 6.07 Å². The molecule has 4 nitrogen and oxygen atoms in total. The van der Waals surface area contributed by atoms with Gasteiger partial charge in [-0.05, 0) is 25.5 Å². The van der Waals surface area contributed by atoms with Gasteiger partial charge in [0.05, 0.1) is 11.7 Å². The highest BCUT2D eigenvalue weighted by atomic mass is 19.1. The van der Waals surface area contributed by atoms with E-state index >= 15 is 0 Å². The highest BCUT2D eigenvalue weighted by Gasteiger charge is 2.12. The van der Waals surface area contributed by atoms with Crippen LogP contribution in [0.4, 0.5) is 4.39 Å². The summed E-state index contributed by atoms with van der Waals surface area (Å²) in [5.41, 5.74) is 2.17. The number of halogens is 1. The number of aryl methyl sites for hydroxylation is 2. The van der Waals surface area contributed by atoms with Crippen LogP contribution in [-0.4, -0.2) is 14.6 Å². The lowest BCUT2D eigenvalue weighted by Gasteiger charge is -2.04. The Morgan fingerprint density at radius 1 is 1.29 bits per heavy atom. The van der Waals surface area contributed by atoms with E-state index in [0.717, 1.165) is 5.56 Å². The largest absolute Gasteiger partial charge is 0.316 e. The number of benzene rings is 1. The Bertz CT molecular complexity index is 801. The number of rotatable bonds is 0. The average molecular weight is 231 g/mol. The van der Waals surface area contributed by atoms with Gasteiger partial charge in [-0.2, -0.15) is 5.10 Å². The smallest absolute Gasteiger partial charge is 0.274 e. The van der Waals surface area contributed by atoms with Crippen LogP contribution in [0.15, 0.2) is 23.1 Å². The zero-order valence-corrected chi connectivity index (χ0v) is 9.41. The van der Waals surface area contributed by atoms with Crippen molar-refractivity contribution >= 4 is 16.6 Å². The molecule has 0 atom stereocenters. The van der Waals surface area contributed by atoms with E-state index in [4.69, 9.17) is 0 Å². The molecule has 0 radical (unpaired) electrons. The first-order valence-electron chi connectivity index (χ1n) is 5.25. The van der Waals surface area contributed by atoms with Crippen molar-refractivity contribution in [3.05, 3.63) is 45.6 Å². The molecule has 2 aromatic heterocycles. The van der Waals surface area contributed by atoms with Crippen molar-refractivity contribution in [3.8, 4) is 0 Å². The Labute approximate surface area is 95.7 Å². The molecule has 0 aliphatic heterocycles. The molecule has 0 aliphatic carbocycles. The maximum Gasteiger partial charge on any atom is 0.274 e. The SMILES string of the molecule is Cc1ccc2c([nH]c(=O)c3c(C)cnn32)c1F. The molecule has 0 bridgehead atoms. The molecule has 0 saturated heterocycles. The maximum atomic E-state index is 13.9. The number of aromatic amines is 1. The first-order valence-corrected chi connectivity index (χ1v) is 5.25. The molecule has 0 unspecified atom stereocenters. The minimum atomic E-state index is -0.408. The van der Waals surface area contributed by atoms with Crippen molar-refractivity contribution in [2.24, 2.45) is 0 Å². The highest BCUT2D eigenvalue weighted by Crippen LogP contribution is 2.19. The van der Waals surface area contributed by atoms with Gasteiger partial charge in [0.2, 0.25) is 0 Å². The van der Waals surface area contributed by atoms with E-state index in [1.165, 1.54) is 4.52 Å². The molecule has 3 aromatic rings. The predicted octanol–water partition coefficient (Wildman–Crippen LogP) is 1.93. The lowest BCUT2D eigenvalue weighted by molar-refractivity contribution is 0.626. The van der Waals surface area contributed by atoms with Crippen LogP contribution in [0.5, 0.6) is 0 Å². The minimum Gasteiger partial charge on any atom is -0.316 e. The van der Waals surface area contributed by atoms with Crippen molar-refractivity contribution < 1.29 is 4.39 Å². The molecule has 5 heteroatoms. The predicted molar refractivity (Wildman–Crippen MR) is 62.8 cm³/mol. The second-order valence-electron chi connectivity index (χ2n) is 4.13. The molecule has 86 valence electrons. The van der Waals surface area contributed by atoms with E-state index < -0.39 is 5.82 Å². The third kappa shape index (κ3) is 1.22. The van der Waals surface area contributed by atoms with Crippen molar-refractivity contribution in [1.29, 1.82) is 0 Å². The van der Waals surface area contributed by atoms with Gasteiger partial charge in [0, 0.05) is 5.56 Å². The Balaban J connectivity index is 2.67. The maximum absolute atomic E-state index is 13.9. The summed E-state index contributed by atoms with van der Waals surface area (Å²) >= 11 is 0. The van der Waals surface area contributed by atoms with Crippen LogP contribution in [0.25, 0.3) is 16.6 Å². The van der Waals surface area contributed by atoms with Gasteiger partial charge < -0.3 is 4.98 Å². The van der Waals surface area contributed by atoms with Crippen molar-refractivity contribution in [3.63, 3.8) is 0 Å². The first kappa shape index (κ1) is 10.0. The summed E-state index contributed by atoms with van der Waals surface area (Å²) in [6.45, 7) is 3.46. The third-order valence-electron chi connectivity index (χ3n) is 2.95. The van der Waals surface area contributed by atoms with Crippen LogP contribution < -0.4 is 5.56 Å². The minimum absolute atomic E-state index is 0.200. The third-order valence-corrected chi connectivity index (χ3v) is 2.95. The van der Waals surface area contributed by atoms with E-state index in [9.17, 15) is 9.18 Å². The van der Waals surface area contributed by atoms with Crippen LogP contribution in [-0.2, 0) is 0 Å². The van der Waals surface area contributed by atoms with E-state index in [1.807, 2.05) is 0 Å². The van der Waals surface area contributed by atoms with Crippen molar-refractivity contribution in [2.75, 3.05) is 0 Å². The van der Waals surface area contributed by atoms with Crippen LogP contribution in [0, 0.1) is 19.7 Å². The van der Waals surface area contributed by atoms with E-state index in [0.29, 0.717) is 16.6 Å². The fourth-order valence-electron chi connectivity index (χ4n) is 2.03. The van der Waals surface area contributed by atoms with Gasteiger partial charge in [-0.15, -0.1) is 0 Å². The molecule has 17 heavy (non-hydrogen) atoms. The Morgan fingerprint density at radius 3 is 2.82 bits per heavy atom. The summed E-state index contributed by atoms with van der Waals surface area (Å²) in [5, 5.41) is 4.11. The summed E-state index contributed by atoms with van der Waals surface area (Å²) in [7, 11) is 0. The van der Waals surface area contributed by atoms with Gasteiger partial charge in [-0.25, -0.2) is 8.91 Å². The van der Waals surface area contributed by atoms with E-state index in [1.54, 1.807) is 32.2 Å². The zero-order chi connectivity index (χ0) is 12.2. The molecule has 0 amide bonds. The van der Waals surface area contributed by atoms with Gasteiger partial charge in [0.1, 0.15) is 11.0 Å². The second-order valence-corrected chi connectivity index (χ2v) is 4.13. The molecule has 0 saturated carbocycles. The normalized spacial score (nSPS) is 11.5. The van der Waals surface area contributed by atoms with Crippen molar-refractivity contribution in [1.82, 2.24) is 14.6 Å². The fraction of sp³-hybridized carbons (Fsp3) is 0.167. The monoisotopic (exact) mass is 231 g/mol. The summed E-state index contributed by atoms with van der Waals surface area (Å²) in [5.74, 6) is -0.408. The van der Waals surface area contributed by atoms with Gasteiger partial charge in [-0.3, -0.25) is 4.79 Å². The standard InChI is InChI=1S/C12H10FN3O/c1-6-3-4-8-10(9(6)13)15-12(17)11-7(2)5-14-16(8)11/h3-5H,1-2H3,(H,15,17). The van der Waals surface area contributed by atoms with Gasteiger partial charge >= 0.3 is 0 Å². The number of H-pyrrole nitrogens is 1. The molecule has 0 fully saturated rings. The molecular weight excluding hydrogens is 221 g/mol. The van der Waals surface area contributed by atoms with Gasteiger partial charge in [0.25, 0.3) is 5.56 Å². The zero-order valence-electron chi connectivity index (χ0n) is 9.41. The summed E-state index contributed by atoms with van der Waals surface area (Å²) in [6.07, 6.45) is 1.60. The van der Waals surface area contributed by atoms with Crippen LogP contribution >= 0.6 is 0 Å². The second kappa shape index (κ2) is 3.16. The van der Waals surface area contributed by atoms with E-state index in [-0.39, 0.29) is 11.1 Å². The number of hydrogen-bond acceptors (Lipinski definition) is 2. The topological polar surface area (TPSA) is 50.2 Å². The number of nitrogens with one attached hydrogen (secondary N) is 1. The summed E-state index contributed by atoms with van der Waals surface area (Å²) in [6, 6.07) is 3.43. The van der Waals surface area contributed by atoms with Gasteiger partial charge in [0.15, 0.2) is 5.82 Å². The molecule has 0 spiro atoms. The lowest BCUT2D eigenvalue weighted by atomic mass is 10.2. The number of aromatic nitrogens is 3. The number of nitrogens with zero attached hydrogens (tertiary/aromatic N) is 2. The number of hydrogen-bond donors (Lipinski definition) is 1. The van der Waals surface area contributed by atoms with Crippen LogP contribution in [0.2, 0.25) is 0 Å². The molecule has 1 N–H and O–H groups in total. The van der Waals surface area contributed by atoms with Crippen LogP contribution in [0.1, 0.15) is 11.1 Å². The molecule has 2 heterocycles. The Morgan fingerprint density at radius 2 is 2.06 bits per heavy atom.